The molecule has 3 aromatic carbocycles. The molecule has 166 valence electrons. The van der Waals surface area contributed by atoms with Crippen LogP contribution in [0.25, 0.3) is 0 Å². The molecule has 5 heteroatoms. The van der Waals surface area contributed by atoms with Gasteiger partial charge in [-0.3, -0.25) is 9.59 Å². The van der Waals surface area contributed by atoms with E-state index < -0.39 is 6.04 Å². The highest BCUT2D eigenvalue weighted by Crippen LogP contribution is 2.18. The van der Waals surface area contributed by atoms with Gasteiger partial charge in [0.05, 0.1) is 6.42 Å². The Bertz CT molecular complexity index is 1050. The van der Waals surface area contributed by atoms with Crippen molar-refractivity contribution < 1.29 is 9.59 Å². The number of carbonyl (C=O) groups excluding carboxylic acids is 2. The minimum Gasteiger partial charge on any atom is -0.355 e. The van der Waals surface area contributed by atoms with Gasteiger partial charge < -0.3 is 10.2 Å². The smallest absolute Gasteiger partial charge is 0.243 e. The maximum Gasteiger partial charge on any atom is 0.243 e. The molecule has 0 spiro atoms. The molecule has 0 saturated carbocycles. The molecule has 1 N–H and O–H groups in total. The zero-order valence-electron chi connectivity index (χ0n) is 18.6. The normalized spacial score (nSPS) is 11.6. The second-order valence-corrected chi connectivity index (χ2v) is 8.35. The van der Waals surface area contributed by atoms with Crippen molar-refractivity contribution in [2.24, 2.45) is 0 Å². The van der Waals surface area contributed by atoms with Crippen molar-refractivity contribution >= 4 is 23.4 Å². The molecule has 0 radical (unpaired) electrons. The average Bonchev–Trinajstić information content (AvgIpc) is 2.77. The maximum absolute atomic E-state index is 13.6. The number of hydrogen-bond donors (Lipinski definition) is 1. The Kier molecular flexibility index (Phi) is 8.46. The van der Waals surface area contributed by atoms with Crippen LogP contribution in [0.15, 0.2) is 78.9 Å². The van der Waals surface area contributed by atoms with Crippen molar-refractivity contribution in [3.63, 3.8) is 0 Å². The highest BCUT2D eigenvalue weighted by Gasteiger charge is 2.30. The van der Waals surface area contributed by atoms with Crippen molar-refractivity contribution in [3.05, 3.63) is 106 Å². The number of likely N-dealkylation sites (N-methyl/N-ethyl adjacent to an activating group) is 1. The molecule has 0 unspecified atom stereocenters. The second-order valence-electron chi connectivity index (χ2n) is 7.92. The Morgan fingerprint density at radius 3 is 2.28 bits per heavy atom. The minimum absolute atomic E-state index is 0.110. The molecule has 3 aromatic rings. The van der Waals surface area contributed by atoms with Crippen LogP contribution in [0.3, 0.4) is 0 Å². The van der Waals surface area contributed by atoms with Crippen molar-refractivity contribution in [1.82, 2.24) is 10.2 Å². The lowest BCUT2D eigenvalue weighted by atomic mass is 10.0. The summed E-state index contributed by atoms with van der Waals surface area (Å²) in [5.41, 5.74) is 3.94. The molecule has 0 bridgehead atoms. The Hall–Kier alpha value is -3.11. The predicted molar refractivity (Wildman–Crippen MR) is 130 cm³/mol. The number of carbonyl (C=O) groups is 2. The highest BCUT2D eigenvalue weighted by atomic mass is 35.5. The quantitative estimate of drug-likeness (QED) is 0.502. The molecule has 3 rings (SSSR count). The SMILES string of the molecule is CCNC(=O)[C@@H](Cc1ccccc1)N(Cc1cccc(C)c1)C(=O)Cc1cccc(Cl)c1. The largest absolute Gasteiger partial charge is 0.355 e. The van der Waals surface area contributed by atoms with Gasteiger partial charge in [0.15, 0.2) is 0 Å². The topological polar surface area (TPSA) is 49.4 Å². The van der Waals surface area contributed by atoms with E-state index in [1.807, 2.05) is 74.5 Å². The Labute approximate surface area is 195 Å². The highest BCUT2D eigenvalue weighted by molar-refractivity contribution is 6.30. The van der Waals surface area contributed by atoms with E-state index in [1.54, 1.807) is 17.0 Å². The number of nitrogens with one attached hydrogen (secondary N) is 1. The average molecular weight is 449 g/mol. The van der Waals surface area contributed by atoms with Gasteiger partial charge in [-0.2, -0.15) is 0 Å². The predicted octanol–water partition coefficient (Wildman–Crippen LogP) is 4.97. The molecule has 0 saturated heterocycles. The molecule has 32 heavy (non-hydrogen) atoms. The van der Waals surface area contributed by atoms with Crippen molar-refractivity contribution in [1.29, 1.82) is 0 Å². The van der Waals surface area contributed by atoms with Gasteiger partial charge >= 0.3 is 0 Å². The second kappa shape index (κ2) is 11.5. The summed E-state index contributed by atoms with van der Waals surface area (Å²) in [6.07, 6.45) is 0.622. The molecule has 0 aliphatic carbocycles. The third-order valence-electron chi connectivity index (χ3n) is 5.30. The van der Waals surface area contributed by atoms with Crippen LogP contribution >= 0.6 is 11.6 Å². The van der Waals surface area contributed by atoms with Crippen LogP contribution in [0.4, 0.5) is 0 Å². The molecule has 0 aromatic heterocycles. The molecule has 0 fully saturated rings. The number of nitrogens with zero attached hydrogens (tertiary/aromatic N) is 1. The van der Waals surface area contributed by atoms with Crippen LogP contribution < -0.4 is 5.32 Å². The first-order valence-electron chi connectivity index (χ1n) is 10.9. The zero-order chi connectivity index (χ0) is 22.9. The fourth-order valence-corrected chi connectivity index (χ4v) is 3.99. The number of amides is 2. The molecule has 0 heterocycles. The summed E-state index contributed by atoms with van der Waals surface area (Å²) in [5, 5.41) is 3.51. The van der Waals surface area contributed by atoms with Gasteiger partial charge in [0.1, 0.15) is 6.04 Å². The van der Waals surface area contributed by atoms with Crippen LogP contribution in [0.5, 0.6) is 0 Å². The molecule has 0 aliphatic rings. The summed E-state index contributed by atoms with van der Waals surface area (Å²) < 4.78 is 0. The zero-order valence-corrected chi connectivity index (χ0v) is 19.3. The first-order chi connectivity index (χ1) is 15.5. The fraction of sp³-hybridized carbons (Fsp3) is 0.259. The van der Waals surface area contributed by atoms with Crippen molar-refractivity contribution in [3.8, 4) is 0 Å². The van der Waals surface area contributed by atoms with Gasteiger partial charge in [0.25, 0.3) is 0 Å². The number of hydrogen-bond acceptors (Lipinski definition) is 2. The van der Waals surface area contributed by atoms with Gasteiger partial charge in [-0.15, -0.1) is 0 Å². The summed E-state index contributed by atoms with van der Waals surface area (Å²) in [6, 6.07) is 24.5. The molecular weight excluding hydrogens is 420 g/mol. The van der Waals surface area contributed by atoms with Crippen molar-refractivity contribution in [2.45, 2.75) is 39.3 Å². The van der Waals surface area contributed by atoms with Crippen LogP contribution in [-0.4, -0.2) is 29.3 Å². The van der Waals surface area contributed by atoms with E-state index in [0.29, 0.717) is 24.5 Å². The molecular formula is C27H29ClN2O2. The lowest BCUT2D eigenvalue weighted by Crippen LogP contribution is -2.50. The van der Waals surface area contributed by atoms with Crippen LogP contribution in [0, 0.1) is 6.92 Å². The Morgan fingerprint density at radius 2 is 1.59 bits per heavy atom. The van der Waals surface area contributed by atoms with E-state index in [4.69, 9.17) is 11.6 Å². The summed E-state index contributed by atoms with van der Waals surface area (Å²) in [6.45, 7) is 4.77. The van der Waals surface area contributed by atoms with E-state index >= 15 is 0 Å². The fourth-order valence-electron chi connectivity index (χ4n) is 3.78. The van der Waals surface area contributed by atoms with Gasteiger partial charge in [0, 0.05) is 24.5 Å². The van der Waals surface area contributed by atoms with E-state index in [2.05, 4.69) is 11.4 Å². The van der Waals surface area contributed by atoms with E-state index in [0.717, 1.165) is 22.3 Å². The van der Waals surface area contributed by atoms with E-state index in [1.165, 1.54) is 0 Å². The Balaban J connectivity index is 1.95. The van der Waals surface area contributed by atoms with E-state index in [-0.39, 0.29) is 18.2 Å². The van der Waals surface area contributed by atoms with Crippen LogP contribution in [0.1, 0.15) is 29.2 Å². The van der Waals surface area contributed by atoms with Gasteiger partial charge in [-0.05, 0) is 42.7 Å². The first-order valence-corrected chi connectivity index (χ1v) is 11.2. The minimum atomic E-state index is -0.621. The maximum atomic E-state index is 13.6. The van der Waals surface area contributed by atoms with E-state index in [9.17, 15) is 9.59 Å². The monoisotopic (exact) mass is 448 g/mol. The Morgan fingerprint density at radius 1 is 0.906 bits per heavy atom. The molecule has 1 atom stereocenters. The molecule has 4 nitrogen and oxygen atoms in total. The van der Waals surface area contributed by atoms with Gasteiger partial charge in [-0.25, -0.2) is 0 Å². The number of aryl methyl sites for hydroxylation is 1. The summed E-state index contributed by atoms with van der Waals surface area (Å²) in [4.78, 5) is 28.4. The van der Waals surface area contributed by atoms with Gasteiger partial charge in [-0.1, -0.05) is 83.9 Å². The summed E-state index contributed by atoms with van der Waals surface area (Å²) in [5.74, 6) is -0.260. The van der Waals surface area contributed by atoms with Crippen LogP contribution in [0.2, 0.25) is 5.02 Å². The number of benzene rings is 3. The van der Waals surface area contributed by atoms with Crippen molar-refractivity contribution in [2.75, 3.05) is 6.54 Å². The molecule has 2 amide bonds. The van der Waals surface area contributed by atoms with Gasteiger partial charge in [0.2, 0.25) is 11.8 Å². The lowest BCUT2D eigenvalue weighted by molar-refractivity contribution is -0.140. The number of rotatable bonds is 9. The first kappa shape index (κ1) is 23.6. The molecule has 0 aliphatic heterocycles. The third-order valence-corrected chi connectivity index (χ3v) is 5.54. The standard InChI is InChI=1S/C27H29ClN2O2/c1-3-29-27(32)25(17-21-10-5-4-6-11-21)30(19-23-13-7-9-20(2)15-23)26(31)18-22-12-8-14-24(28)16-22/h4-16,25H,3,17-19H2,1-2H3,(H,29,32)/t25-/m1/s1. The third kappa shape index (κ3) is 6.69. The summed E-state index contributed by atoms with van der Waals surface area (Å²) >= 11 is 6.13. The van der Waals surface area contributed by atoms with Crippen LogP contribution in [-0.2, 0) is 29.0 Å². The number of halogens is 1. The lowest BCUT2D eigenvalue weighted by Gasteiger charge is -2.31. The summed E-state index contributed by atoms with van der Waals surface area (Å²) in [7, 11) is 0.